The first-order valence-electron chi connectivity index (χ1n) is 5.34. The Morgan fingerprint density at radius 3 is 2.27 bits per heavy atom. The average Bonchev–Trinajstić information content (AvgIpc) is 2.16. The van der Waals surface area contributed by atoms with Crippen LogP contribution in [0.4, 0.5) is 0 Å². The molecule has 0 spiro atoms. The molecule has 0 amide bonds. The van der Waals surface area contributed by atoms with Crippen molar-refractivity contribution in [3.63, 3.8) is 0 Å². The topological polar surface area (TPSA) is 29.5 Å². The molecular weight excluding hydrogens is 188 g/mol. The highest BCUT2D eigenvalue weighted by Gasteiger charge is 2.18. The second-order valence-electron chi connectivity index (χ2n) is 4.72. The molecule has 0 unspecified atom stereocenters. The van der Waals surface area contributed by atoms with Crippen molar-refractivity contribution in [2.24, 2.45) is 0 Å². The van der Waals surface area contributed by atoms with E-state index in [9.17, 15) is 5.11 Å². The molecule has 0 aliphatic carbocycles. The lowest BCUT2D eigenvalue weighted by atomic mass is 10.1. The second-order valence-corrected chi connectivity index (χ2v) is 4.72. The summed E-state index contributed by atoms with van der Waals surface area (Å²) in [6, 6.07) is 10.1. The van der Waals surface area contributed by atoms with E-state index in [1.54, 1.807) is 0 Å². The number of hydrogen-bond acceptors (Lipinski definition) is 2. The summed E-state index contributed by atoms with van der Waals surface area (Å²) >= 11 is 0. The number of aliphatic hydroxyl groups is 1. The van der Waals surface area contributed by atoms with Crippen LogP contribution in [0.5, 0.6) is 0 Å². The first kappa shape index (κ1) is 12.2. The number of benzene rings is 1. The summed E-state index contributed by atoms with van der Waals surface area (Å²) in [5.74, 6) is 0. The van der Waals surface area contributed by atoms with Gasteiger partial charge in [0.2, 0.25) is 0 Å². The van der Waals surface area contributed by atoms with E-state index < -0.39 is 0 Å². The van der Waals surface area contributed by atoms with Crippen molar-refractivity contribution in [3.8, 4) is 0 Å². The number of aliphatic hydroxyl groups excluding tert-OH is 1. The van der Waals surface area contributed by atoms with Gasteiger partial charge >= 0.3 is 0 Å². The zero-order chi connectivity index (χ0) is 11.3. The normalized spacial score (nSPS) is 13.9. The van der Waals surface area contributed by atoms with Gasteiger partial charge in [-0.1, -0.05) is 30.3 Å². The maximum Gasteiger partial charge on any atom is 0.0853 e. The third-order valence-corrected chi connectivity index (χ3v) is 2.03. The van der Waals surface area contributed by atoms with Crippen LogP contribution in [0, 0.1) is 0 Å². The van der Waals surface area contributed by atoms with Gasteiger partial charge < -0.3 is 9.84 Å². The van der Waals surface area contributed by atoms with Gasteiger partial charge in [-0.3, -0.25) is 0 Å². The third-order valence-electron chi connectivity index (χ3n) is 2.03. The maximum absolute atomic E-state index is 9.23. The predicted molar refractivity (Wildman–Crippen MR) is 61.9 cm³/mol. The van der Waals surface area contributed by atoms with E-state index in [4.69, 9.17) is 4.74 Å². The van der Waals surface area contributed by atoms with Crippen LogP contribution < -0.4 is 0 Å². The molecule has 0 fully saturated rings. The molecule has 1 aromatic rings. The Bertz CT molecular complexity index is 274. The molecule has 2 heteroatoms. The van der Waals surface area contributed by atoms with Crippen LogP contribution >= 0.6 is 0 Å². The van der Waals surface area contributed by atoms with Gasteiger partial charge in [0.05, 0.1) is 18.3 Å². The van der Waals surface area contributed by atoms with Gasteiger partial charge in [0.15, 0.2) is 0 Å². The maximum atomic E-state index is 9.23. The molecule has 1 atom stereocenters. The lowest BCUT2D eigenvalue weighted by Crippen LogP contribution is -2.31. The molecule has 2 nitrogen and oxygen atoms in total. The highest BCUT2D eigenvalue weighted by molar-refractivity contribution is 5.15. The Hall–Kier alpha value is -0.860. The first-order chi connectivity index (χ1) is 7.01. The van der Waals surface area contributed by atoms with Crippen LogP contribution in [-0.2, 0) is 11.2 Å². The van der Waals surface area contributed by atoms with Crippen molar-refractivity contribution in [1.82, 2.24) is 0 Å². The molecule has 0 bridgehead atoms. The summed E-state index contributed by atoms with van der Waals surface area (Å²) in [7, 11) is 0. The zero-order valence-electron chi connectivity index (χ0n) is 9.73. The molecule has 0 aromatic heterocycles. The van der Waals surface area contributed by atoms with Crippen molar-refractivity contribution in [2.45, 2.75) is 38.9 Å². The largest absolute Gasteiger partial charge is 0.394 e. The van der Waals surface area contributed by atoms with Crippen molar-refractivity contribution in [3.05, 3.63) is 35.9 Å². The molecule has 0 radical (unpaired) electrons. The van der Waals surface area contributed by atoms with Gasteiger partial charge in [-0.05, 0) is 26.3 Å². The van der Waals surface area contributed by atoms with E-state index in [1.807, 2.05) is 39.0 Å². The fraction of sp³-hybridized carbons (Fsp3) is 0.538. The summed E-state index contributed by atoms with van der Waals surface area (Å²) in [4.78, 5) is 0. The monoisotopic (exact) mass is 208 g/mol. The molecule has 84 valence electrons. The number of hydrogen-bond donors (Lipinski definition) is 1. The van der Waals surface area contributed by atoms with Crippen molar-refractivity contribution < 1.29 is 9.84 Å². The van der Waals surface area contributed by atoms with Crippen LogP contribution in [0.3, 0.4) is 0 Å². The van der Waals surface area contributed by atoms with E-state index in [0.717, 1.165) is 6.42 Å². The first-order valence-corrected chi connectivity index (χ1v) is 5.34. The fourth-order valence-corrected chi connectivity index (χ4v) is 1.52. The van der Waals surface area contributed by atoms with Crippen LogP contribution in [-0.4, -0.2) is 23.4 Å². The summed E-state index contributed by atoms with van der Waals surface area (Å²) < 4.78 is 5.74. The summed E-state index contributed by atoms with van der Waals surface area (Å²) in [5, 5.41) is 9.23. The van der Waals surface area contributed by atoms with Gasteiger partial charge in [0.25, 0.3) is 0 Å². The zero-order valence-corrected chi connectivity index (χ0v) is 9.73. The summed E-state index contributed by atoms with van der Waals surface area (Å²) in [6.07, 6.45) is 0.640. The lowest BCUT2D eigenvalue weighted by Gasteiger charge is -2.26. The van der Waals surface area contributed by atoms with Gasteiger partial charge in [0.1, 0.15) is 0 Å². The molecule has 0 saturated heterocycles. The molecule has 0 aliphatic heterocycles. The van der Waals surface area contributed by atoms with Gasteiger partial charge in [-0.2, -0.15) is 0 Å². The molecule has 0 heterocycles. The molecule has 15 heavy (non-hydrogen) atoms. The summed E-state index contributed by atoms with van der Waals surface area (Å²) in [5.41, 5.74) is 0.989. The number of rotatable bonds is 4. The van der Waals surface area contributed by atoms with Crippen LogP contribution in [0.25, 0.3) is 0 Å². The molecular formula is C13H20O2. The highest BCUT2D eigenvalue weighted by atomic mass is 16.5. The van der Waals surface area contributed by atoms with Gasteiger partial charge in [-0.15, -0.1) is 0 Å². The lowest BCUT2D eigenvalue weighted by molar-refractivity contribution is -0.0791. The van der Waals surface area contributed by atoms with Gasteiger partial charge in [0, 0.05) is 6.42 Å². The van der Waals surface area contributed by atoms with E-state index in [-0.39, 0.29) is 18.3 Å². The molecule has 1 aromatic carbocycles. The molecule has 0 saturated carbocycles. The Morgan fingerprint density at radius 2 is 1.80 bits per heavy atom. The Morgan fingerprint density at radius 1 is 1.20 bits per heavy atom. The number of ether oxygens (including phenoxy) is 1. The third kappa shape index (κ3) is 4.96. The minimum atomic E-state index is -0.206. The minimum absolute atomic E-state index is 0.0617. The molecule has 1 rings (SSSR count). The van der Waals surface area contributed by atoms with Crippen LogP contribution in [0.2, 0.25) is 0 Å². The standard InChI is InChI=1S/C13H20O2/c1-13(2,3)15-12(10-14)9-11-7-5-4-6-8-11/h4-8,12,14H,9-10H2,1-3H3/t12-/m0/s1. The SMILES string of the molecule is CC(C)(C)O[C@H](CO)Cc1ccccc1. The fourth-order valence-electron chi connectivity index (χ4n) is 1.52. The second kappa shape index (κ2) is 5.29. The van der Waals surface area contributed by atoms with E-state index in [2.05, 4.69) is 12.1 Å². The van der Waals surface area contributed by atoms with Gasteiger partial charge in [-0.25, -0.2) is 0 Å². The molecule has 0 aliphatic rings. The average molecular weight is 208 g/mol. The predicted octanol–water partition coefficient (Wildman–Crippen LogP) is 2.41. The minimum Gasteiger partial charge on any atom is -0.394 e. The smallest absolute Gasteiger partial charge is 0.0853 e. The summed E-state index contributed by atoms with van der Waals surface area (Å²) in [6.45, 7) is 6.06. The van der Waals surface area contributed by atoms with E-state index in [1.165, 1.54) is 5.56 Å². The Kier molecular flexibility index (Phi) is 4.30. The van der Waals surface area contributed by atoms with Crippen molar-refractivity contribution in [2.75, 3.05) is 6.61 Å². The van der Waals surface area contributed by atoms with E-state index >= 15 is 0 Å². The van der Waals surface area contributed by atoms with Crippen molar-refractivity contribution in [1.29, 1.82) is 0 Å². The van der Waals surface area contributed by atoms with Crippen LogP contribution in [0.1, 0.15) is 26.3 Å². The van der Waals surface area contributed by atoms with Crippen LogP contribution in [0.15, 0.2) is 30.3 Å². The van der Waals surface area contributed by atoms with Crippen molar-refractivity contribution >= 4 is 0 Å². The van der Waals surface area contributed by atoms with E-state index in [0.29, 0.717) is 0 Å². The quantitative estimate of drug-likeness (QED) is 0.823. The Labute approximate surface area is 91.9 Å². The highest BCUT2D eigenvalue weighted by Crippen LogP contribution is 2.14. The Balaban J connectivity index is 2.55. The molecule has 1 N–H and O–H groups in total.